The van der Waals surface area contributed by atoms with E-state index in [-0.39, 0.29) is 25.3 Å². The molecule has 5 N–H and O–H groups in total. The fourth-order valence-corrected chi connectivity index (χ4v) is 3.73. The van der Waals surface area contributed by atoms with E-state index in [1.165, 1.54) is 6.07 Å². The molecule has 4 atom stereocenters. The van der Waals surface area contributed by atoms with Crippen molar-refractivity contribution in [3.63, 3.8) is 0 Å². The molecule has 1 aromatic rings. The lowest BCUT2D eigenvalue weighted by molar-refractivity contribution is -0.384. The number of aliphatic hydroxyl groups is 4. The second kappa shape index (κ2) is 11.8. The first-order valence-electron chi connectivity index (χ1n) is 10.2. The molecule has 10 nitrogen and oxygen atoms in total. The Morgan fingerprint density at radius 3 is 2.60 bits per heavy atom. The Morgan fingerprint density at radius 2 is 1.93 bits per heavy atom. The highest BCUT2D eigenvalue weighted by molar-refractivity contribution is 5.62. The molecule has 0 radical (unpaired) electrons. The lowest BCUT2D eigenvalue weighted by Gasteiger charge is -2.43. The number of β-amino-alcohol motifs (C(OH)–C–C–N with tert-alkyl or cyclic N) is 1. The average molecular weight is 422 g/mol. The molecule has 2 rings (SSSR count). The van der Waals surface area contributed by atoms with Crippen molar-refractivity contribution in [2.45, 2.75) is 56.5 Å². The van der Waals surface area contributed by atoms with Crippen LogP contribution in [0, 0.1) is 21.4 Å². The van der Waals surface area contributed by atoms with Crippen LogP contribution in [-0.4, -0.2) is 80.8 Å². The number of hydrogen-bond acceptors (Lipinski definition) is 9. The molecule has 0 spiro atoms. The second-order valence-corrected chi connectivity index (χ2v) is 7.58. The van der Waals surface area contributed by atoms with Crippen LogP contribution >= 0.6 is 0 Å². The monoisotopic (exact) mass is 422 g/mol. The molecule has 0 saturated carbocycles. The van der Waals surface area contributed by atoms with Crippen molar-refractivity contribution in [1.29, 1.82) is 5.26 Å². The average Bonchev–Trinajstić information content (AvgIpc) is 2.72. The fourth-order valence-electron chi connectivity index (χ4n) is 3.73. The van der Waals surface area contributed by atoms with Gasteiger partial charge in [0.25, 0.3) is 5.69 Å². The van der Waals surface area contributed by atoms with Crippen LogP contribution in [0.1, 0.15) is 31.2 Å². The molecule has 0 amide bonds. The molecular weight excluding hydrogens is 392 g/mol. The van der Waals surface area contributed by atoms with Crippen LogP contribution in [0.15, 0.2) is 18.2 Å². The number of nitrogens with zero attached hydrogens (tertiary/aromatic N) is 3. The number of nitriles is 1. The molecule has 0 aromatic heterocycles. The van der Waals surface area contributed by atoms with Crippen molar-refractivity contribution in [1.82, 2.24) is 4.90 Å². The van der Waals surface area contributed by atoms with E-state index in [0.717, 1.165) is 25.7 Å². The van der Waals surface area contributed by atoms with E-state index in [4.69, 9.17) is 5.26 Å². The van der Waals surface area contributed by atoms with Gasteiger partial charge in [0.15, 0.2) is 0 Å². The van der Waals surface area contributed by atoms with Crippen LogP contribution in [-0.2, 0) is 6.42 Å². The van der Waals surface area contributed by atoms with Gasteiger partial charge in [0.1, 0.15) is 17.9 Å². The fraction of sp³-hybridized carbons (Fsp3) is 0.650. The van der Waals surface area contributed by atoms with Crippen molar-refractivity contribution in [3.05, 3.63) is 33.9 Å². The Kier molecular flexibility index (Phi) is 9.42. The Labute approximate surface area is 175 Å². The number of nitro groups is 1. The quantitative estimate of drug-likeness (QED) is 0.193. The molecule has 1 aromatic carbocycles. The maximum Gasteiger partial charge on any atom is 0.292 e. The molecule has 0 bridgehead atoms. The first-order valence-corrected chi connectivity index (χ1v) is 10.2. The zero-order valence-electron chi connectivity index (χ0n) is 16.9. The minimum Gasteiger partial charge on any atom is -0.395 e. The smallest absolute Gasteiger partial charge is 0.292 e. The van der Waals surface area contributed by atoms with E-state index in [1.54, 1.807) is 17.0 Å². The van der Waals surface area contributed by atoms with E-state index in [1.807, 2.05) is 6.07 Å². The predicted octanol–water partition coefficient (Wildman–Crippen LogP) is 0.392. The molecule has 1 aliphatic rings. The zero-order valence-corrected chi connectivity index (χ0v) is 16.9. The van der Waals surface area contributed by atoms with Gasteiger partial charge in [0.05, 0.1) is 36.2 Å². The SMILES string of the molecule is N#CCc1ccc(NCCCCCCN2C[C@H](O)[C@@H](O)[C@H](O)[C@H]2CO)c([N+](=O)[O-])c1. The van der Waals surface area contributed by atoms with E-state index in [0.29, 0.717) is 24.3 Å². The molecule has 10 heteroatoms. The minimum atomic E-state index is -1.25. The zero-order chi connectivity index (χ0) is 22.1. The van der Waals surface area contributed by atoms with Gasteiger partial charge in [-0.05, 0) is 31.0 Å². The number of benzene rings is 1. The molecular formula is C20H30N4O6. The van der Waals surface area contributed by atoms with Gasteiger partial charge < -0.3 is 25.7 Å². The number of hydrogen-bond donors (Lipinski definition) is 5. The number of aliphatic hydroxyl groups excluding tert-OH is 4. The minimum absolute atomic E-state index is 0.0396. The van der Waals surface area contributed by atoms with Gasteiger partial charge in [-0.15, -0.1) is 0 Å². The van der Waals surface area contributed by atoms with Crippen molar-refractivity contribution < 1.29 is 25.3 Å². The van der Waals surface area contributed by atoms with Crippen LogP contribution in [0.4, 0.5) is 11.4 Å². The van der Waals surface area contributed by atoms with Gasteiger partial charge in [-0.3, -0.25) is 15.0 Å². The third kappa shape index (κ3) is 6.35. The standard InChI is InChI=1S/C20H30N4O6/c21-8-7-14-5-6-15(16(11-14)24(29)30)22-9-3-1-2-4-10-23-12-18(26)20(28)19(27)17(23)13-25/h5-6,11,17-20,22,25-28H,1-4,7,9-10,12-13H2/t17-,18+,19-,20-/m1/s1. The number of likely N-dealkylation sites (tertiary alicyclic amines) is 1. The van der Waals surface area contributed by atoms with Crippen LogP contribution in [0.2, 0.25) is 0 Å². The maximum absolute atomic E-state index is 11.2. The lowest BCUT2D eigenvalue weighted by Crippen LogP contribution is -2.62. The first-order chi connectivity index (χ1) is 14.4. The highest BCUT2D eigenvalue weighted by Crippen LogP contribution is 2.26. The predicted molar refractivity (Wildman–Crippen MR) is 110 cm³/mol. The normalized spacial score (nSPS) is 24.4. The summed E-state index contributed by atoms with van der Waals surface area (Å²) in [7, 11) is 0. The summed E-state index contributed by atoms with van der Waals surface area (Å²) in [6, 6.07) is 6.14. The molecule has 1 aliphatic heterocycles. The summed E-state index contributed by atoms with van der Waals surface area (Å²) in [5, 5.41) is 62.0. The number of unbranched alkanes of at least 4 members (excludes halogenated alkanes) is 3. The highest BCUT2D eigenvalue weighted by Gasteiger charge is 2.40. The molecule has 1 saturated heterocycles. The third-order valence-corrected chi connectivity index (χ3v) is 5.45. The third-order valence-electron chi connectivity index (χ3n) is 5.45. The highest BCUT2D eigenvalue weighted by atomic mass is 16.6. The van der Waals surface area contributed by atoms with E-state index in [2.05, 4.69) is 5.32 Å². The summed E-state index contributed by atoms with van der Waals surface area (Å²) < 4.78 is 0. The number of rotatable bonds is 11. The number of nitro benzene ring substituents is 1. The molecule has 166 valence electrons. The molecule has 1 fully saturated rings. The van der Waals surface area contributed by atoms with Crippen LogP contribution < -0.4 is 5.32 Å². The Bertz CT molecular complexity index is 740. The van der Waals surface area contributed by atoms with E-state index in [9.17, 15) is 30.5 Å². The van der Waals surface area contributed by atoms with Gasteiger partial charge in [0.2, 0.25) is 0 Å². The lowest BCUT2D eigenvalue weighted by atomic mass is 9.94. The molecule has 0 aliphatic carbocycles. The van der Waals surface area contributed by atoms with Crippen molar-refractivity contribution >= 4 is 11.4 Å². The van der Waals surface area contributed by atoms with E-state index < -0.39 is 29.3 Å². The second-order valence-electron chi connectivity index (χ2n) is 7.58. The summed E-state index contributed by atoms with van der Waals surface area (Å²) in [4.78, 5) is 12.6. The summed E-state index contributed by atoms with van der Waals surface area (Å²) in [5.74, 6) is 0. The van der Waals surface area contributed by atoms with Crippen LogP contribution in [0.25, 0.3) is 0 Å². The molecule has 0 unspecified atom stereocenters. The van der Waals surface area contributed by atoms with Gasteiger partial charge in [0, 0.05) is 19.2 Å². The number of anilines is 1. The number of nitrogens with one attached hydrogen (secondary N) is 1. The van der Waals surface area contributed by atoms with Crippen LogP contribution in [0.3, 0.4) is 0 Å². The molecule has 30 heavy (non-hydrogen) atoms. The van der Waals surface area contributed by atoms with Crippen molar-refractivity contribution in [3.8, 4) is 6.07 Å². The summed E-state index contributed by atoms with van der Waals surface area (Å²) >= 11 is 0. The summed E-state index contributed by atoms with van der Waals surface area (Å²) in [5.41, 5.74) is 1.00. The van der Waals surface area contributed by atoms with Gasteiger partial charge in [-0.25, -0.2) is 0 Å². The van der Waals surface area contributed by atoms with Crippen LogP contribution in [0.5, 0.6) is 0 Å². The van der Waals surface area contributed by atoms with Gasteiger partial charge >= 0.3 is 0 Å². The first kappa shape index (κ1) is 24.0. The summed E-state index contributed by atoms with van der Waals surface area (Å²) in [6.45, 7) is 1.08. The largest absolute Gasteiger partial charge is 0.395 e. The van der Waals surface area contributed by atoms with Gasteiger partial charge in [-0.1, -0.05) is 18.9 Å². The Balaban J connectivity index is 1.71. The number of piperidine rings is 1. The summed E-state index contributed by atoms with van der Waals surface area (Å²) in [6.07, 6.45) is 0.0394. The van der Waals surface area contributed by atoms with Gasteiger partial charge in [-0.2, -0.15) is 5.26 Å². The van der Waals surface area contributed by atoms with E-state index >= 15 is 0 Å². The Hall–Kier alpha value is -2.29. The maximum atomic E-state index is 11.2. The van der Waals surface area contributed by atoms with Crippen molar-refractivity contribution in [2.75, 3.05) is 31.6 Å². The Morgan fingerprint density at radius 1 is 1.20 bits per heavy atom. The topological polar surface area (TPSA) is 163 Å². The molecule has 1 heterocycles. The van der Waals surface area contributed by atoms with Crippen molar-refractivity contribution in [2.24, 2.45) is 0 Å².